The lowest BCUT2D eigenvalue weighted by Gasteiger charge is -2.42. The van der Waals surface area contributed by atoms with Crippen molar-refractivity contribution in [2.45, 2.75) is 235 Å². The number of carbonyl (C=O) groups excluding carboxylic acids is 1. The number of rotatable bonds is 41. The molecule has 11 unspecified atom stereocenters. The Morgan fingerprint density at radius 2 is 0.942 bits per heavy atom. The van der Waals surface area contributed by atoms with Gasteiger partial charge in [-0.25, -0.2) is 0 Å². The number of aliphatic hydroxyl groups is 7. The van der Waals surface area contributed by atoms with Crippen LogP contribution in [0.25, 0.3) is 0 Å². The molecular weight excluding hydrogens is 885 g/mol. The van der Waals surface area contributed by atoms with E-state index >= 15 is 0 Å². The van der Waals surface area contributed by atoms with Crippen LogP contribution in [0.1, 0.15) is 168 Å². The van der Waals surface area contributed by atoms with Crippen LogP contribution in [-0.4, -0.2) is 142 Å². The molecule has 2 rings (SSSR count). The number of hydrogen-bond donors (Lipinski definition) is 7. The third-order valence-electron chi connectivity index (χ3n) is 12.2. The van der Waals surface area contributed by atoms with Gasteiger partial charge >= 0.3 is 5.97 Å². The summed E-state index contributed by atoms with van der Waals surface area (Å²) >= 11 is 0. The Balaban J connectivity index is 1.79. The first-order valence-electron chi connectivity index (χ1n) is 26.5. The maximum atomic E-state index is 13.0. The van der Waals surface area contributed by atoms with E-state index in [0.29, 0.717) is 19.4 Å². The van der Waals surface area contributed by atoms with Gasteiger partial charge in [0.2, 0.25) is 0 Å². The van der Waals surface area contributed by atoms with E-state index in [1.165, 1.54) is 83.5 Å². The molecule has 14 heteroatoms. The summed E-state index contributed by atoms with van der Waals surface area (Å²) in [6.07, 6.45) is 35.6. The molecule has 2 fully saturated rings. The van der Waals surface area contributed by atoms with Crippen LogP contribution in [-0.2, 0) is 33.2 Å². The van der Waals surface area contributed by atoms with Crippen molar-refractivity contribution in [3.63, 3.8) is 0 Å². The van der Waals surface area contributed by atoms with Crippen LogP contribution in [0.2, 0.25) is 0 Å². The molecule has 0 bridgehead atoms. The average molecular weight is 979 g/mol. The number of unbranched alkanes of at least 4 members (excludes halogenated alkanes) is 15. The summed E-state index contributed by atoms with van der Waals surface area (Å²) in [7, 11) is 0. The number of carbonyl (C=O) groups is 1. The largest absolute Gasteiger partial charge is 0.457 e. The lowest BCUT2D eigenvalue weighted by molar-refractivity contribution is -0.332. The molecule has 11 atom stereocenters. The van der Waals surface area contributed by atoms with Crippen molar-refractivity contribution in [2.75, 3.05) is 33.0 Å². The van der Waals surface area contributed by atoms with Crippen molar-refractivity contribution in [1.29, 1.82) is 0 Å². The van der Waals surface area contributed by atoms with E-state index in [1.807, 2.05) is 6.08 Å². The second-order valence-electron chi connectivity index (χ2n) is 18.3. The quantitative estimate of drug-likeness (QED) is 0.0175. The molecule has 398 valence electrons. The molecule has 2 aliphatic heterocycles. The SMILES string of the molecule is CC/C=C\C/C=C\C/C=C\C/C=C\C/C=C\CCOCC(COC1OC(COC2OC(CO)C(O)C(O)C2O)C(O)C(O)C1O)OC(=O)CCCCCCCCCCC/C=C\CCCCCCCC. The van der Waals surface area contributed by atoms with Crippen molar-refractivity contribution < 1.29 is 69.0 Å². The summed E-state index contributed by atoms with van der Waals surface area (Å²) in [6, 6.07) is 0. The van der Waals surface area contributed by atoms with Gasteiger partial charge in [-0.15, -0.1) is 0 Å². The summed E-state index contributed by atoms with van der Waals surface area (Å²) in [5.41, 5.74) is 0. The molecule has 0 aromatic heterocycles. The first-order chi connectivity index (χ1) is 33.6. The lowest BCUT2D eigenvalue weighted by atomic mass is 9.98. The molecule has 0 aliphatic carbocycles. The monoisotopic (exact) mass is 979 g/mol. The van der Waals surface area contributed by atoms with Gasteiger partial charge in [-0.1, -0.05) is 164 Å². The van der Waals surface area contributed by atoms with Crippen LogP contribution in [0, 0.1) is 0 Å². The normalized spacial score (nSPS) is 26.3. The minimum atomic E-state index is -1.72. The van der Waals surface area contributed by atoms with E-state index in [9.17, 15) is 40.5 Å². The highest BCUT2D eigenvalue weighted by molar-refractivity contribution is 5.69. The molecule has 69 heavy (non-hydrogen) atoms. The second-order valence-corrected chi connectivity index (χ2v) is 18.3. The smallest absolute Gasteiger partial charge is 0.306 e. The van der Waals surface area contributed by atoms with E-state index in [-0.39, 0.29) is 19.6 Å². The van der Waals surface area contributed by atoms with Crippen LogP contribution >= 0.6 is 0 Å². The van der Waals surface area contributed by atoms with E-state index in [1.54, 1.807) is 0 Å². The van der Waals surface area contributed by atoms with Gasteiger partial charge in [-0.3, -0.25) is 4.79 Å². The zero-order valence-electron chi connectivity index (χ0n) is 42.3. The summed E-state index contributed by atoms with van der Waals surface area (Å²) in [6.45, 7) is 3.33. The van der Waals surface area contributed by atoms with Crippen LogP contribution < -0.4 is 0 Å². The minimum Gasteiger partial charge on any atom is -0.457 e. The molecule has 0 saturated carbocycles. The zero-order valence-corrected chi connectivity index (χ0v) is 42.3. The number of hydrogen-bond acceptors (Lipinski definition) is 14. The Morgan fingerprint density at radius 1 is 0.493 bits per heavy atom. The highest BCUT2D eigenvalue weighted by Gasteiger charge is 2.47. The maximum absolute atomic E-state index is 13.0. The van der Waals surface area contributed by atoms with Gasteiger partial charge in [0.25, 0.3) is 0 Å². The summed E-state index contributed by atoms with van der Waals surface area (Å²) < 4.78 is 34.2. The Kier molecular flexibility index (Phi) is 38.1. The topological polar surface area (TPSA) is 214 Å². The summed E-state index contributed by atoms with van der Waals surface area (Å²) in [5, 5.41) is 72.2. The van der Waals surface area contributed by atoms with Crippen molar-refractivity contribution in [3.8, 4) is 0 Å². The molecule has 2 heterocycles. The number of ether oxygens (including phenoxy) is 6. The number of esters is 1. The Hall–Kier alpha value is -2.57. The van der Waals surface area contributed by atoms with Gasteiger partial charge in [0, 0.05) is 6.42 Å². The van der Waals surface area contributed by atoms with Crippen LogP contribution in [0.3, 0.4) is 0 Å². The molecule has 2 saturated heterocycles. The number of allylic oxidation sites excluding steroid dienone is 11. The Labute approximate surface area is 415 Å². The second kappa shape index (κ2) is 42.0. The Morgan fingerprint density at radius 3 is 1.48 bits per heavy atom. The highest BCUT2D eigenvalue weighted by atomic mass is 16.7. The van der Waals surface area contributed by atoms with E-state index < -0.39 is 86.7 Å². The van der Waals surface area contributed by atoms with Crippen LogP contribution in [0.5, 0.6) is 0 Å². The van der Waals surface area contributed by atoms with E-state index in [0.717, 1.165) is 51.4 Å². The van der Waals surface area contributed by atoms with Crippen LogP contribution in [0.15, 0.2) is 72.9 Å². The molecule has 0 radical (unpaired) electrons. The fourth-order valence-corrected chi connectivity index (χ4v) is 7.93. The average Bonchev–Trinajstić information content (AvgIpc) is 3.35. The molecule has 2 aliphatic rings. The first kappa shape index (κ1) is 62.5. The Bertz CT molecular complexity index is 1410. The van der Waals surface area contributed by atoms with Gasteiger partial charge in [0.1, 0.15) is 54.9 Å². The first-order valence-corrected chi connectivity index (χ1v) is 26.5. The molecule has 0 aromatic carbocycles. The van der Waals surface area contributed by atoms with Gasteiger partial charge in [0.05, 0.1) is 33.0 Å². The maximum Gasteiger partial charge on any atom is 0.306 e. The molecule has 0 spiro atoms. The van der Waals surface area contributed by atoms with E-state index in [2.05, 4.69) is 80.7 Å². The van der Waals surface area contributed by atoms with E-state index in [4.69, 9.17) is 28.4 Å². The molecular formula is C55H94O14. The molecule has 7 N–H and O–H groups in total. The fourth-order valence-electron chi connectivity index (χ4n) is 7.93. The van der Waals surface area contributed by atoms with Gasteiger partial charge in [-0.05, 0) is 70.6 Å². The molecule has 0 aromatic rings. The van der Waals surface area contributed by atoms with Gasteiger partial charge in [-0.2, -0.15) is 0 Å². The zero-order chi connectivity index (χ0) is 50.2. The van der Waals surface area contributed by atoms with Crippen molar-refractivity contribution in [1.82, 2.24) is 0 Å². The fraction of sp³-hybridized carbons (Fsp3) is 0.764. The third-order valence-corrected chi connectivity index (χ3v) is 12.2. The summed E-state index contributed by atoms with van der Waals surface area (Å²) in [5.74, 6) is -0.405. The number of aliphatic hydroxyl groups excluding tert-OH is 7. The lowest BCUT2D eigenvalue weighted by Crippen LogP contribution is -2.61. The molecule has 0 amide bonds. The van der Waals surface area contributed by atoms with Crippen molar-refractivity contribution in [3.05, 3.63) is 72.9 Å². The van der Waals surface area contributed by atoms with Crippen molar-refractivity contribution >= 4 is 5.97 Å². The van der Waals surface area contributed by atoms with Crippen LogP contribution in [0.4, 0.5) is 0 Å². The molecule has 14 nitrogen and oxygen atoms in total. The van der Waals surface area contributed by atoms with Crippen molar-refractivity contribution in [2.24, 2.45) is 0 Å². The highest BCUT2D eigenvalue weighted by Crippen LogP contribution is 2.26. The predicted octanol–water partition coefficient (Wildman–Crippen LogP) is 8.29. The van der Waals surface area contributed by atoms with Gasteiger partial charge in [0.15, 0.2) is 12.6 Å². The third kappa shape index (κ3) is 29.5. The standard InChI is InChI=1S/C55H94O14/c1-3-5-7-9-11-13-15-17-19-21-22-23-24-26-28-30-32-34-36-38-47(57)67-44(41-64-39-37-35-33-31-29-27-25-20-18-16-14-12-10-8-6-4-2)42-65-54-53(63)51(61)49(59)46(69-54)43-66-55-52(62)50(60)48(58)45(40-56)68-55/h6,8,12,14,17-20,27,29,33,35,44-46,48-56,58-63H,3-5,7,9-11,13,15-16,21-26,28,30-32,34,36-43H2,1-2H3/b8-6-,14-12-,19-17-,20-18-,29-27-,35-33-. The van der Waals surface area contributed by atoms with Gasteiger partial charge < -0.3 is 64.2 Å². The predicted molar refractivity (Wildman–Crippen MR) is 270 cm³/mol. The summed E-state index contributed by atoms with van der Waals surface area (Å²) in [4.78, 5) is 13.0. The minimum absolute atomic E-state index is 0.00354.